The van der Waals surface area contributed by atoms with Gasteiger partial charge in [0.05, 0.1) is 0 Å². The highest BCUT2D eigenvalue weighted by Gasteiger charge is 2.26. The van der Waals surface area contributed by atoms with Crippen LogP contribution in [-0.2, 0) is 11.3 Å². The molecule has 2 saturated heterocycles. The van der Waals surface area contributed by atoms with Crippen LogP contribution in [0.1, 0.15) is 49.0 Å². The maximum atomic E-state index is 11.7. The quantitative estimate of drug-likeness (QED) is 0.832. The summed E-state index contributed by atoms with van der Waals surface area (Å²) in [5.41, 5.74) is 1.43. The first-order chi connectivity index (χ1) is 10.2. The number of rotatable bonds is 5. The number of likely N-dealkylation sites (tertiary alicyclic amines) is 2. The topological polar surface area (TPSA) is 23.6 Å². The first-order valence-corrected chi connectivity index (χ1v) is 9.17. The molecule has 1 atom stereocenters. The SMILES string of the molecule is Cc1ccsc1CN1CCCCC1CCN1CCCC1=O. The van der Waals surface area contributed by atoms with Gasteiger partial charge in [-0.25, -0.2) is 0 Å². The van der Waals surface area contributed by atoms with Crippen LogP contribution in [0.5, 0.6) is 0 Å². The molecular formula is C17H26N2OS. The molecule has 21 heavy (non-hydrogen) atoms. The van der Waals surface area contributed by atoms with Gasteiger partial charge in [0.15, 0.2) is 0 Å². The summed E-state index contributed by atoms with van der Waals surface area (Å²) in [6, 6.07) is 2.88. The number of aryl methyl sites for hydroxylation is 1. The van der Waals surface area contributed by atoms with Crippen LogP contribution in [0.25, 0.3) is 0 Å². The first-order valence-electron chi connectivity index (χ1n) is 8.29. The molecule has 0 aliphatic carbocycles. The monoisotopic (exact) mass is 306 g/mol. The number of hydrogen-bond acceptors (Lipinski definition) is 3. The van der Waals surface area contributed by atoms with E-state index in [0.29, 0.717) is 11.9 Å². The number of carbonyl (C=O) groups is 1. The fourth-order valence-corrected chi connectivity index (χ4v) is 4.52. The van der Waals surface area contributed by atoms with E-state index >= 15 is 0 Å². The van der Waals surface area contributed by atoms with Gasteiger partial charge in [-0.15, -0.1) is 11.3 Å². The molecule has 116 valence electrons. The Labute approximate surface area is 131 Å². The molecule has 0 N–H and O–H groups in total. The number of nitrogens with zero attached hydrogens (tertiary/aromatic N) is 2. The summed E-state index contributed by atoms with van der Waals surface area (Å²) in [6.45, 7) is 6.48. The van der Waals surface area contributed by atoms with Crippen molar-refractivity contribution in [3.63, 3.8) is 0 Å². The number of carbonyl (C=O) groups excluding carboxylic acids is 1. The molecule has 1 aromatic heterocycles. The Balaban J connectivity index is 1.56. The fourth-order valence-electron chi connectivity index (χ4n) is 3.59. The predicted molar refractivity (Wildman–Crippen MR) is 87.5 cm³/mol. The largest absolute Gasteiger partial charge is 0.343 e. The Morgan fingerprint density at radius 2 is 2.19 bits per heavy atom. The first kappa shape index (κ1) is 15.0. The second-order valence-electron chi connectivity index (χ2n) is 6.42. The highest BCUT2D eigenvalue weighted by Crippen LogP contribution is 2.26. The van der Waals surface area contributed by atoms with E-state index in [0.717, 1.165) is 38.9 Å². The Kier molecular flexibility index (Phi) is 4.96. The van der Waals surface area contributed by atoms with Crippen LogP contribution in [0.15, 0.2) is 11.4 Å². The molecule has 0 radical (unpaired) electrons. The van der Waals surface area contributed by atoms with Gasteiger partial charge >= 0.3 is 0 Å². The third-order valence-electron chi connectivity index (χ3n) is 4.97. The standard InChI is InChI=1S/C17H26N2OS/c1-14-8-12-21-16(14)13-19-9-3-2-5-15(19)7-11-18-10-4-6-17(18)20/h8,12,15H,2-7,9-11,13H2,1H3. The van der Waals surface area contributed by atoms with Gasteiger partial charge in [-0.1, -0.05) is 6.42 Å². The van der Waals surface area contributed by atoms with Crippen molar-refractivity contribution in [1.29, 1.82) is 0 Å². The zero-order chi connectivity index (χ0) is 14.7. The second-order valence-corrected chi connectivity index (χ2v) is 7.42. The maximum Gasteiger partial charge on any atom is 0.222 e. The van der Waals surface area contributed by atoms with Crippen LogP contribution in [0.4, 0.5) is 0 Å². The van der Waals surface area contributed by atoms with E-state index < -0.39 is 0 Å². The van der Waals surface area contributed by atoms with Crippen molar-refractivity contribution in [1.82, 2.24) is 9.80 Å². The van der Waals surface area contributed by atoms with Gasteiger partial charge < -0.3 is 4.90 Å². The van der Waals surface area contributed by atoms with Crippen LogP contribution < -0.4 is 0 Å². The van der Waals surface area contributed by atoms with E-state index in [-0.39, 0.29) is 0 Å². The van der Waals surface area contributed by atoms with Crippen LogP contribution in [0, 0.1) is 6.92 Å². The molecule has 1 aromatic rings. The van der Waals surface area contributed by atoms with Crippen molar-refractivity contribution in [2.24, 2.45) is 0 Å². The highest BCUT2D eigenvalue weighted by atomic mass is 32.1. The van der Waals surface area contributed by atoms with E-state index in [9.17, 15) is 4.79 Å². The van der Waals surface area contributed by atoms with Gasteiger partial charge in [0.1, 0.15) is 0 Å². The smallest absolute Gasteiger partial charge is 0.222 e. The third kappa shape index (κ3) is 3.67. The van der Waals surface area contributed by atoms with Crippen LogP contribution in [-0.4, -0.2) is 41.4 Å². The van der Waals surface area contributed by atoms with Gasteiger partial charge in [0.2, 0.25) is 5.91 Å². The molecule has 1 unspecified atom stereocenters. The minimum atomic E-state index is 0.367. The minimum Gasteiger partial charge on any atom is -0.343 e. The Morgan fingerprint density at radius 3 is 2.90 bits per heavy atom. The van der Waals surface area contributed by atoms with E-state index in [4.69, 9.17) is 0 Å². The molecule has 3 rings (SSSR count). The van der Waals surface area contributed by atoms with Crippen molar-refractivity contribution < 1.29 is 4.79 Å². The lowest BCUT2D eigenvalue weighted by Gasteiger charge is -2.36. The Hall–Kier alpha value is -0.870. The molecule has 0 bridgehead atoms. The third-order valence-corrected chi connectivity index (χ3v) is 5.98. The highest BCUT2D eigenvalue weighted by molar-refractivity contribution is 7.10. The zero-order valence-electron chi connectivity index (χ0n) is 13.0. The van der Waals surface area contributed by atoms with Crippen molar-refractivity contribution in [2.75, 3.05) is 19.6 Å². The maximum absolute atomic E-state index is 11.7. The molecule has 3 heterocycles. The number of hydrogen-bond donors (Lipinski definition) is 0. The predicted octanol–water partition coefficient (Wildman–Crippen LogP) is 3.42. The molecule has 2 aliphatic rings. The van der Waals surface area contributed by atoms with Gasteiger partial charge in [0.25, 0.3) is 0 Å². The normalized spacial score (nSPS) is 24.0. The number of amides is 1. The van der Waals surface area contributed by atoms with E-state index in [1.54, 1.807) is 0 Å². The van der Waals surface area contributed by atoms with Crippen LogP contribution in [0.2, 0.25) is 0 Å². The Bertz CT molecular complexity index is 485. The molecule has 0 saturated carbocycles. The number of thiophene rings is 1. The number of piperidine rings is 1. The summed E-state index contributed by atoms with van der Waals surface area (Å²) >= 11 is 1.88. The summed E-state index contributed by atoms with van der Waals surface area (Å²) in [7, 11) is 0. The van der Waals surface area contributed by atoms with E-state index in [1.807, 2.05) is 11.3 Å². The molecular weight excluding hydrogens is 280 g/mol. The molecule has 2 aliphatic heterocycles. The van der Waals surface area contributed by atoms with Gasteiger partial charge in [-0.3, -0.25) is 9.69 Å². The molecule has 0 aromatic carbocycles. The van der Waals surface area contributed by atoms with Crippen LogP contribution >= 0.6 is 11.3 Å². The lowest BCUT2D eigenvalue weighted by atomic mass is 9.99. The summed E-state index contributed by atoms with van der Waals surface area (Å²) < 4.78 is 0. The van der Waals surface area contributed by atoms with Gasteiger partial charge in [-0.2, -0.15) is 0 Å². The average Bonchev–Trinajstić information content (AvgIpc) is 3.07. The lowest BCUT2D eigenvalue weighted by Crippen LogP contribution is -2.41. The fraction of sp³-hybridized carbons (Fsp3) is 0.706. The minimum absolute atomic E-state index is 0.367. The second kappa shape index (κ2) is 6.93. The van der Waals surface area contributed by atoms with Crippen molar-refractivity contribution in [3.05, 3.63) is 21.9 Å². The van der Waals surface area contributed by atoms with Crippen molar-refractivity contribution in [2.45, 2.75) is 58.0 Å². The lowest BCUT2D eigenvalue weighted by molar-refractivity contribution is -0.127. The Morgan fingerprint density at radius 1 is 1.29 bits per heavy atom. The average molecular weight is 306 g/mol. The van der Waals surface area contributed by atoms with E-state index in [1.165, 1.54) is 36.2 Å². The summed E-state index contributed by atoms with van der Waals surface area (Å²) in [4.78, 5) is 18.0. The van der Waals surface area contributed by atoms with Crippen molar-refractivity contribution >= 4 is 17.2 Å². The zero-order valence-corrected chi connectivity index (χ0v) is 13.8. The van der Waals surface area contributed by atoms with Gasteiger partial charge in [0, 0.05) is 37.0 Å². The molecule has 1 amide bonds. The molecule has 0 spiro atoms. The summed E-state index contributed by atoms with van der Waals surface area (Å²) in [5.74, 6) is 0.367. The summed E-state index contributed by atoms with van der Waals surface area (Å²) in [6.07, 6.45) is 6.94. The molecule has 3 nitrogen and oxygen atoms in total. The molecule has 2 fully saturated rings. The van der Waals surface area contributed by atoms with Crippen LogP contribution in [0.3, 0.4) is 0 Å². The molecule has 4 heteroatoms. The van der Waals surface area contributed by atoms with Gasteiger partial charge in [-0.05, 0) is 56.2 Å². The summed E-state index contributed by atoms with van der Waals surface area (Å²) in [5, 5.41) is 2.20. The van der Waals surface area contributed by atoms with Crippen molar-refractivity contribution in [3.8, 4) is 0 Å². The van der Waals surface area contributed by atoms with E-state index in [2.05, 4.69) is 28.2 Å².